The van der Waals surface area contributed by atoms with Crippen LogP contribution in [-0.2, 0) is 18.4 Å². The predicted molar refractivity (Wildman–Crippen MR) is 107 cm³/mol. The zero-order valence-electron chi connectivity index (χ0n) is 15.8. The summed E-state index contributed by atoms with van der Waals surface area (Å²) in [7, 11) is 1.70. The highest BCUT2D eigenvalue weighted by Gasteiger charge is 2.10. The zero-order chi connectivity index (χ0) is 20.8. The molecule has 8 nitrogen and oxygen atoms in total. The quantitative estimate of drug-likeness (QED) is 0.576. The summed E-state index contributed by atoms with van der Waals surface area (Å²) >= 11 is 1.22. The Kier molecular flexibility index (Phi) is 6.55. The number of hydrogen-bond donors (Lipinski definition) is 2. The van der Waals surface area contributed by atoms with Crippen molar-refractivity contribution in [2.45, 2.75) is 18.6 Å². The van der Waals surface area contributed by atoms with Gasteiger partial charge in [-0.2, -0.15) is 0 Å². The van der Waals surface area contributed by atoms with Gasteiger partial charge in [-0.05, 0) is 58.8 Å². The third kappa shape index (κ3) is 5.61. The highest BCUT2D eigenvalue weighted by molar-refractivity contribution is 7.99. The number of carbonyl (C=O) groups is 2. The molecule has 3 aromatic rings. The minimum absolute atomic E-state index is 0.160. The van der Waals surface area contributed by atoms with Crippen molar-refractivity contribution in [3.05, 3.63) is 65.0 Å². The summed E-state index contributed by atoms with van der Waals surface area (Å²) in [6, 6.07) is 11.3. The maximum Gasteiger partial charge on any atom is 0.251 e. The number of benzene rings is 2. The Morgan fingerprint density at radius 1 is 1.17 bits per heavy atom. The van der Waals surface area contributed by atoms with Gasteiger partial charge in [-0.25, -0.2) is 9.07 Å². The van der Waals surface area contributed by atoms with Crippen LogP contribution in [-0.4, -0.2) is 37.8 Å². The summed E-state index contributed by atoms with van der Waals surface area (Å²) in [5.41, 5.74) is 2.39. The molecule has 0 saturated heterocycles. The van der Waals surface area contributed by atoms with Gasteiger partial charge in [-0.3, -0.25) is 9.59 Å². The maximum atomic E-state index is 13.3. The first-order valence-corrected chi connectivity index (χ1v) is 9.69. The second-order valence-electron chi connectivity index (χ2n) is 6.27. The smallest absolute Gasteiger partial charge is 0.251 e. The molecule has 0 aliphatic carbocycles. The molecule has 2 N–H and O–H groups in total. The van der Waals surface area contributed by atoms with Crippen molar-refractivity contribution in [3.63, 3.8) is 0 Å². The number of thioether (sulfide) groups is 1. The number of rotatable bonds is 7. The summed E-state index contributed by atoms with van der Waals surface area (Å²) < 4.78 is 14.8. The molecule has 0 unspecified atom stereocenters. The lowest BCUT2D eigenvalue weighted by atomic mass is 10.1. The average molecular weight is 414 g/mol. The van der Waals surface area contributed by atoms with E-state index in [-0.39, 0.29) is 23.4 Å². The van der Waals surface area contributed by atoms with Crippen LogP contribution in [0.2, 0.25) is 0 Å². The number of aromatic nitrogens is 4. The lowest BCUT2D eigenvalue weighted by Gasteiger charge is -2.08. The van der Waals surface area contributed by atoms with E-state index in [1.165, 1.54) is 22.5 Å². The second kappa shape index (κ2) is 9.28. The molecule has 0 atom stereocenters. The Balaban J connectivity index is 1.49. The summed E-state index contributed by atoms with van der Waals surface area (Å²) in [5, 5.41) is 17.1. The second-order valence-corrected chi connectivity index (χ2v) is 7.21. The molecular formula is C19H19FN6O2S. The molecule has 150 valence electrons. The van der Waals surface area contributed by atoms with Crippen LogP contribution in [0.4, 0.5) is 10.1 Å². The predicted octanol–water partition coefficient (Wildman–Crippen LogP) is 2.32. The number of amides is 2. The van der Waals surface area contributed by atoms with Crippen molar-refractivity contribution in [3.8, 4) is 0 Å². The molecule has 29 heavy (non-hydrogen) atoms. The standard InChI is InChI=1S/C19H19FN6O2S/c1-12-9-13(3-8-16(12)20)10-21-18(28)14-4-6-15(7-5-14)22-17(27)11-29-19-23-24-25-26(19)2/h3-9H,10-11H2,1-2H3,(H,21,28)(H,22,27). The molecule has 0 aliphatic heterocycles. The molecule has 0 radical (unpaired) electrons. The van der Waals surface area contributed by atoms with Gasteiger partial charge in [0.2, 0.25) is 11.1 Å². The Morgan fingerprint density at radius 3 is 2.59 bits per heavy atom. The van der Waals surface area contributed by atoms with Gasteiger partial charge >= 0.3 is 0 Å². The van der Waals surface area contributed by atoms with Gasteiger partial charge in [0.15, 0.2) is 0 Å². The summed E-state index contributed by atoms with van der Waals surface area (Å²) in [5.74, 6) is -0.575. The molecular weight excluding hydrogens is 395 g/mol. The van der Waals surface area contributed by atoms with Crippen molar-refractivity contribution >= 4 is 29.3 Å². The van der Waals surface area contributed by atoms with E-state index in [0.29, 0.717) is 28.5 Å². The monoisotopic (exact) mass is 414 g/mol. The first-order chi connectivity index (χ1) is 13.9. The Morgan fingerprint density at radius 2 is 1.93 bits per heavy atom. The Hall–Kier alpha value is -3.27. The van der Waals surface area contributed by atoms with Crippen LogP contribution < -0.4 is 10.6 Å². The summed E-state index contributed by atoms with van der Waals surface area (Å²) in [6.07, 6.45) is 0. The van der Waals surface area contributed by atoms with Crippen LogP contribution in [0.3, 0.4) is 0 Å². The van der Waals surface area contributed by atoms with Crippen molar-refractivity contribution in [1.29, 1.82) is 0 Å². The summed E-state index contributed by atoms with van der Waals surface area (Å²) in [4.78, 5) is 24.3. The largest absolute Gasteiger partial charge is 0.348 e. The first-order valence-electron chi connectivity index (χ1n) is 8.70. The Bertz CT molecular complexity index is 1020. The number of nitrogens with zero attached hydrogens (tertiary/aromatic N) is 4. The minimum atomic E-state index is -0.274. The van der Waals surface area contributed by atoms with E-state index in [9.17, 15) is 14.0 Å². The summed E-state index contributed by atoms with van der Waals surface area (Å²) in [6.45, 7) is 1.98. The molecule has 0 fully saturated rings. The molecule has 0 saturated carbocycles. The average Bonchev–Trinajstić information content (AvgIpc) is 3.12. The van der Waals surface area contributed by atoms with E-state index in [1.807, 2.05) is 0 Å². The van der Waals surface area contributed by atoms with E-state index in [4.69, 9.17) is 0 Å². The zero-order valence-corrected chi connectivity index (χ0v) is 16.7. The SMILES string of the molecule is Cc1cc(CNC(=O)c2ccc(NC(=O)CSc3nnnn3C)cc2)ccc1F. The number of aryl methyl sites for hydroxylation is 2. The minimum Gasteiger partial charge on any atom is -0.348 e. The van der Waals surface area contributed by atoms with Crippen LogP contribution in [0, 0.1) is 12.7 Å². The van der Waals surface area contributed by atoms with Crippen molar-refractivity contribution in [2.24, 2.45) is 7.05 Å². The topological polar surface area (TPSA) is 102 Å². The van der Waals surface area contributed by atoms with E-state index >= 15 is 0 Å². The van der Waals surface area contributed by atoms with E-state index < -0.39 is 0 Å². The molecule has 2 amide bonds. The fourth-order valence-electron chi connectivity index (χ4n) is 2.48. The number of tetrazole rings is 1. The van der Waals surface area contributed by atoms with Gasteiger partial charge in [0.05, 0.1) is 5.75 Å². The van der Waals surface area contributed by atoms with Crippen molar-refractivity contribution in [2.75, 3.05) is 11.1 Å². The van der Waals surface area contributed by atoms with Gasteiger partial charge in [0.1, 0.15) is 5.82 Å². The number of carbonyl (C=O) groups excluding carboxylic acids is 2. The molecule has 1 heterocycles. The molecule has 0 bridgehead atoms. The third-order valence-corrected chi connectivity index (χ3v) is 5.03. The molecule has 0 spiro atoms. The van der Waals surface area contributed by atoms with E-state index in [1.54, 1.807) is 50.4 Å². The van der Waals surface area contributed by atoms with Crippen LogP contribution in [0.1, 0.15) is 21.5 Å². The van der Waals surface area contributed by atoms with Crippen LogP contribution in [0.25, 0.3) is 0 Å². The highest BCUT2D eigenvalue weighted by Crippen LogP contribution is 2.15. The molecule has 3 rings (SSSR count). The van der Waals surface area contributed by atoms with Crippen LogP contribution >= 0.6 is 11.8 Å². The number of hydrogen-bond acceptors (Lipinski definition) is 6. The van der Waals surface area contributed by atoms with Crippen LogP contribution in [0.5, 0.6) is 0 Å². The fraction of sp³-hybridized carbons (Fsp3) is 0.211. The fourth-order valence-corrected chi connectivity index (χ4v) is 3.13. The normalized spacial score (nSPS) is 10.6. The maximum absolute atomic E-state index is 13.3. The number of halogens is 1. The van der Waals surface area contributed by atoms with E-state index in [0.717, 1.165) is 5.56 Å². The van der Waals surface area contributed by atoms with Gasteiger partial charge in [0, 0.05) is 24.8 Å². The molecule has 10 heteroatoms. The Labute approximate surface area is 170 Å². The number of anilines is 1. The van der Waals surface area contributed by atoms with Crippen molar-refractivity contribution in [1.82, 2.24) is 25.5 Å². The number of nitrogens with one attached hydrogen (secondary N) is 2. The first kappa shape index (κ1) is 20.5. The van der Waals surface area contributed by atoms with Crippen LogP contribution in [0.15, 0.2) is 47.6 Å². The van der Waals surface area contributed by atoms with Gasteiger partial charge in [-0.15, -0.1) is 5.10 Å². The van der Waals surface area contributed by atoms with Gasteiger partial charge < -0.3 is 10.6 Å². The molecule has 0 aliphatic rings. The lowest BCUT2D eigenvalue weighted by Crippen LogP contribution is -2.23. The lowest BCUT2D eigenvalue weighted by molar-refractivity contribution is -0.113. The highest BCUT2D eigenvalue weighted by atomic mass is 32.2. The molecule has 2 aromatic carbocycles. The van der Waals surface area contributed by atoms with Gasteiger partial charge in [0.25, 0.3) is 5.91 Å². The van der Waals surface area contributed by atoms with Gasteiger partial charge in [-0.1, -0.05) is 23.9 Å². The molecule has 1 aromatic heterocycles. The van der Waals surface area contributed by atoms with Crippen molar-refractivity contribution < 1.29 is 14.0 Å². The van der Waals surface area contributed by atoms with E-state index in [2.05, 4.69) is 26.2 Å². The third-order valence-electron chi connectivity index (χ3n) is 4.02.